The largest absolute Gasteiger partial charge is 0.465 e. The van der Waals surface area contributed by atoms with E-state index >= 15 is 0 Å². The summed E-state index contributed by atoms with van der Waals surface area (Å²) in [4.78, 5) is 36.0. The minimum atomic E-state index is -0.802. The van der Waals surface area contributed by atoms with E-state index in [1.54, 1.807) is 0 Å². The van der Waals surface area contributed by atoms with Gasteiger partial charge < -0.3 is 19.3 Å². The van der Waals surface area contributed by atoms with Crippen LogP contribution in [0.15, 0.2) is 24.3 Å². The summed E-state index contributed by atoms with van der Waals surface area (Å²) in [5, 5.41) is 10.6. The molecular weight excluding hydrogens is 376 g/mol. The van der Waals surface area contributed by atoms with Gasteiger partial charge in [0.1, 0.15) is 12.2 Å². The Bertz CT molecular complexity index is 725. The van der Waals surface area contributed by atoms with Gasteiger partial charge in [0, 0.05) is 36.7 Å². The maximum Gasteiger partial charge on any atom is 0.334 e. The molecule has 0 aromatic carbocycles. The number of esters is 3. The molecule has 0 radical (unpaired) electrons. The molecule has 0 unspecified atom stereocenters. The topological polar surface area (TPSA) is 99.1 Å². The van der Waals surface area contributed by atoms with Crippen LogP contribution >= 0.6 is 0 Å². The van der Waals surface area contributed by atoms with E-state index < -0.39 is 30.3 Å². The maximum absolute atomic E-state index is 12.2. The first kappa shape index (κ1) is 21.6. The lowest BCUT2D eigenvalue weighted by molar-refractivity contribution is -0.157. The Morgan fingerprint density at radius 3 is 2.55 bits per heavy atom. The molecule has 3 rings (SSSR count). The third-order valence-corrected chi connectivity index (χ3v) is 6.36. The molecule has 0 bridgehead atoms. The van der Waals surface area contributed by atoms with E-state index in [-0.39, 0.29) is 42.2 Å². The summed E-state index contributed by atoms with van der Waals surface area (Å²) in [6.07, 6.45) is -0.766. The molecule has 1 saturated heterocycles. The quantitative estimate of drug-likeness (QED) is 0.323. The summed E-state index contributed by atoms with van der Waals surface area (Å²) in [5.41, 5.74) is 0.982. The smallest absolute Gasteiger partial charge is 0.334 e. The molecule has 7 heteroatoms. The Labute approximate surface area is 171 Å². The Kier molecular flexibility index (Phi) is 6.17. The van der Waals surface area contributed by atoms with Crippen molar-refractivity contribution < 1.29 is 33.7 Å². The van der Waals surface area contributed by atoms with Crippen molar-refractivity contribution in [2.75, 3.05) is 6.61 Å². The molecule has 3 fully saturated rings. The number of carbonyl (C=O) groups excluding carboxylic acids is 3. The van der Waals surface area contributed by atoms with Crippen LogP contribution < -0.4 is 0 Å². The van der Waals surface area contributed by atoms with E-state index in [4.69, 9.17) is 14.2 Å². The van der Waals surface area contributed by atoms with Crippen molar-refractivity contribution in [1.29, 1.82) is 0 Å². The van der Waals surface area contributed by atoms with Crippen LogP contribution in [0.1, 0.15) is 40.0 Å². The SMILES string of the molecule is C=C1C(=O)O[C@@H]2[C@H]3[C@H](COC(=O)CC(C)C)[C@@H](OC(C)=O)C[C@H]3C(=C)[C@@H](O)C[C@@H]12. The molecule has 1 N–H and O–H groups in total. The number of fused-ring (bicyclic) bond motifs is 3. The summed E-state index contributed by atoms with van der Waals surface area (Å²) in [5.74, 6) is -2.23. The summed E-state index contributed by atoms with van der Waals surface area (Å²) < 4.78 is 16.7. The molecule has 7 atom stereocenters. The molecule has 0 aromatic heterocycles. The Morgan fingerprint density at radius 1 is 1.24 bits per heavy atom. The van der Waals surface area contributed by atoms with Crippen molar-refractivity contribution in [2.24, 2.45) is 29.6 Å². The fourth-order valence-corrected chi connectivity index (χ4v) is 5.04. The van der Waals surface area contributed by atoms with Crippen molar-refractivity contribution >= 4 is 17.9 Å². The highest BCUT2D eigenvalue weighted by atomic mass is 16.6. The average Bonchev–Trinajstić information content (AvgIpc) is 3.06. The van der Waals surface area contributed by atoms with Crippen LogP contribution in [-0.2, 0) is 28.6 Å². The minimum Gasteiger partial charge on any atom is -0.465 e. The molecular formula is C22H30O7. The van der Waals surface area contributed by atoms with Crippen molar-refractivity contribution in [3.8, 4) is 0 Å². The normalized spacial score (nSPS) is 36.3. The predicted molar refractivity (Wildman–Crippen MR) is 103 cm³/mol. The lowest BCUT2D eigenvalue weighted by atomic mass is 9.79. The molecule has 1 aliphatic heterocycles. The van der Waals surface area contributed by atoms with E-state index in [1.165, 1.54) is 6.92 Å². The first-order valence-corrected chi connectivity index (χ1v) is 10.2. The number of hydrogen-bond acceptors (Lipinski definition) is 7. The Balaban J connectivity index is 1.90. The highest BCUT2D eigenvalue weighted by Gasteiger charge is 2.58. The van der Waals surface area contributed by atoms with Gasteiger partial charge in [-0.15, -0.1) is 0 Å². The van der Waals surface area contributed by atoms with Gasteiger partial charge in [-0.25, -0.2) is 4.79 Å². The van der Waals surface area contributed by atoms with Crippen molar-refractivity contribution in [3.05, 3.63) is 24.3 Å². The summed E-state index contributed by atoms with van der Waals surface area (Å²) >= 11 is 0. The second-order valence-corrected chi connectivity index (χ2v) is 8.84. The van der Waals surface area contributed by atoms with Crippen LogP contribution in [0.3, 0.4) is 0 Å². The second kappa shape index (κ2) is 8.30. The Hall–Kier alpha value is -2.15. The van der Waals surface area contributed by atoms with Crippen molar-refractivity contribution in [3.63, 3.8) is 0 Å². The van der Waals surface area contributed by atoms with E-state index in [9.17, 15) is 19.5 Å². The van der Waals surface area contributed by atoms with Gasteiger partial charge >= 0.3 is 17.9 Å². The number of ether oxygens (including phenoxy) is 3. The highest BCUT2D eigenvalue weighted by Crippen LogP contribution is 2.53. The zero-order valence-electron chi connectivity index (χ0n) is 17.3. The third-order valence-electron chi connectivity index (χ3n) is 6.36. The highest BCUT2D eigenvalue weighted by molar-refractivity contribution is 5.91. The molecule has 160 valence electrons. The average molecular weight is 406 g/mol. The van der Waals surface area contributed by atoms with Crippen LogP contribution in [0.4, 0.5) is 0 Å². The van der Waals surface area contributed by atoms with Crippen LogP contribution in [0.25, 0.3) is 0 Å². The van der Waals surface area contributed by atoms with Crippen molar-refractivity contribution in [1.82, 2.24) is 0 Å². The lowest BCUT2D eigenvalue weighted by Gasteiger charge is -2.31. The number of aliphatic hydroxyl groups excluding tert-OH is 1. The van der Waals surface area contributed by atoms with Crippen LogP contribution in [-0.4, -0.2) is 47.9 Å². The summed E-state index contributed by atoms with van der Waals surface area (Å²) in [6.45, 7) is 13.2. The summed E-state index contributed by atoms with van der Waals surface area (Å²) in [6, 6.07) is 0. The first-order valence-electron chi connectivity index (χ1n) is 10.2. The second-order valence-electron chi connectivity index (χ2n) is 8.84. The number of hydrogen-bond donors (Lipinski definition) is 1. The first-order chi connectivity index (χ1) is 13.6. The monoisotopic (exact) mass is 406 g/mol. The fraction of sp³-hybridized carbons (Fsp3) is 0.682. The van der Waals surface area contributed by atoms with Gasteiger partial charge in [0.05, 0.1) is 12.7 Å². The standard InChI is InChI=1S/C22H30O7/c1-10(2)6-19(25)27-9-16-18(28-13(5)23)8-14-11(3)17(24)7-15-12(4)22(26)29-21(15)20(14)16/h10,14-18,20-21,24H,3-4,6-9H2,1-2,5H3/t14-,15-,16+,17-,18-,20+,21-/m0/s1. The van der Waals surface area contributed by atoms with E-state index in [2.05, 4.69) is 13.2 Å². The maximum atomic E-state index is 12.2. The molecule has 0 aromatic rings. The number of rotatable bonds is 5. The molecule has 0 spiro atoms. The zero-order valence-corrected chi connectivity index (χ0v) is 17.3. The molecule has 3 aliphatic rings. The third kappa shape index (κ3) is 4.25. The van der Waals surface area contributed by atoms with Crippen LogP contribution in [0, 0.1) is 29.6 Å². The summed E-state index contributed by atoms with van der Waals surface area (Å²) in [7, 11) is 0. The fourth-order valence-electron chi connectivity index (χ4n) is 5.04. The Morgan fingerprint density at radius 2 is 1.93 bits per heavy atom. The van der Waals surface area contributed by atoms with Gasteiger partial charge in [0.2, 0.25) is 0 Å². The molecule has 1 heterocycles. The molecule has 0 amide bonds. The molecule has 7 nitrogen and oxygen atoms in total. The van der Waals surface area contributed by atoms with Crippen LogP contribution in [0.5, 0.6) is 0 Å². The van der Waals surface area contributed by atoms with Gasteiger partial charge in [-0.05, 0) is 30.3 Å². The van der Waals surface area contributed by atoms with Gasteiger partial charge in [-0.3, -0.25) is 9.59 Å². The van der Waals surface area contributed by atoms with Gasteiger partial charge in [0.25, 0.3) is 0 Å². The number of aliphatic hydroxyl groups is 1. The van der Waals surface area contributed by atoms with Gasteiger partial charge in [0.15, 0.2) is 0 Å². The van der Waals surface area contributed by atoms with Gasteiger partial charge in [-0.2, -0.15) is 0 Å². The van der Waals surface area contributed by atoms with E-state index in [0.29, 0.717) is 30.4 Å². The molecule has 2 aliphatic carbocycles. The lowest BCUT2D eigenvalue weighted by Crippen LogP contribution is -2.38. The van der Waals surface area contributed by atoms with E-state index in [1.807, 2.05) is 13.8 Å². The molecule has 2 saturated carbocycles. The zero-order chi connectivity index (χ0) is 21.5. The predicted octanol–water partition coefficient (Wildman–Crippen LogP) is 2.18. The van der Waals surface area contributed by atoms with Gasteiger partial charge in [-0.1, -0.05) is 27.0 Å². The minimum absolute atomic E-state index is 0.0568. The molecule has 29 heavy (non-hydrogen) atoms. The van der Waals surface area contributed by atoms with E-state index in [0.717, 1.165) is 0 Å². The van der Waals surface area contributed by atoms with Crippen LogP contribution in [0.2, 0.25) is 0 Å². The number of carbonyl (C=O) groups is 3. The van der Waals surface area contributed by atoms with Crippen molar-refractivity contribution in [2.45, 2.75) is 58.3 Å².